The molecular weight excluding hydrogens is 376 g/mol. The highest BCUT2D eigenvalue weighted by Gasteiger charge is 2.21. The zero-order valence-electron chi connectivity index (χ0n) is 15.5. The maximum Gasteiger partial charge on any atom is 0.240 e. The van der Waals surface area contributed by atoms with Gasteiger partial charge in [-0.05, 0) is 43.2 Å². The molecule has 0 bridgehead atoms. The maximum atomic E-state index is 12.7. The van der Waals surface area contributed by atoms with Crippen LogP contribution in [-0.2, 0) is 11.2 Å². The Morgan fingerprint density at radius 1 is 1.15 bits per heavy atom. The predicted octanol–water partition coefficient (Wildman–Crippen LogP) is 4.99. The van der Waals surface area contributed by atoms with E-state index < -0.39 is 0 Å². The molecule has 5 nitrogen and oxygen atoms in total. The molecule has 0 saturated heterocycles. The van der Waals surface area contributed by atoms with E-state index in [1.165, 1.54) is 28.7 Å². The van der Waals surface area contributed by atoms with Crippen LogP contribution in [0.4, 0.5) is 16.5 Å². The van der Waals surface area contributed by atoms with Gasteiger partial charge in [0.2, 0.25) is 11.0 Å². The van der Waals surface area contributed by atoms with Gasteiger partial charge in [-0.2, -0.15) is 0 Å². The zero-order chi connectivity index (χ0) is 19.2. The summed E-state index contributed by atoms with van der Waals surface area (Å²) >= 11 is 2.88. The summed E-state index contributed by atoms with van der Waals surface area (Å²) in [5, 5.41) is 12.1. The van der Waals surface area contributed by atoms with Crippen molar-refractivity contribution >= 4 is 45.5 Å². The van der Waals surface area contributed by atoms with Crippen LogP contribution in [0.2, 0.25) is 0 Å². The van der Waals surface area contributed by atoms with Crippen molar-refractivity contribution < 1.29 is 4.79 Å². The van der Waals surface area contributed by atoms with Crippen molar-refractivity contribution in [2.45, 2.75) is 29.9 Å². The number of aryl methyl sites for hydroxylation is 1. The van der Waals surface area contributed by atoms with E-state index in [0.717, 1.165) is 27.3 Å². The fourth-order valence-electron chi connectivity index (χ4n) is 2.51. The standard InChI is InChI=1S/C20H22N4OS2/c1-4-15-10-12-16(13-11-15)21-19-22-23-20(27-19)26-14(2)18(25)24(3)17-8-6-5-7-9-17/h5-14H,4H2,1-3H3,(H,21,22)/t14-/m1/s1. The number of hydrogen-bond donors (Lipinski definition) is 1. The number of amides is 1. The minimum Gasteiger partial charge on any atom is -0.330 e. The Morgan fingerprint density at radius 3 is 2.52 bits per heavy atom. The molecule has 1 aromatic heterocycles. The average Bonchev–Trinajstić information content (AvgIpc) is 3.14. The van der Waals surface area contributed by atoms with Gasteiger partial charge in [-0.3, -0.25) is 4.79 Å². The normalized spacial score (nSPS) is 11.8. The van der Waals surface area contributed by atoms with E-state index in [0.29, 0.717) is 0 Å². The molecule has 0 radical (unpaired) electrons. The zero-order valence-corrected chi connectivity index (χ0v) is 17.2. The number of nitrogens with one attached hydrogen (secondary N) is 1. The highest BCUT2D eigenvalue weighted by Crippen LogP contribution is 2.31. The van der Waals surface area contributed by atoms with Crippen molar-refractivity contribution in [3.05, 3.63) is 60.2 Å². The Labute approximate surface area is 167 Å². The molecule has 0 aliphatic heterocycles. The van der Waals surface area contributed by atoms with Gasteiger partial charge in [0, 0.05) is 18.4 Å². The highest BCUT2D eigenvalue weighted by atomic mass is 32.2. The Balaban J connectivity index is 1.60. The fraction of sp³-hybridized carbons (Fsp3) is 0.250. The summed E-state index contributed by atoms with van der Waals surface area (Å²) in [6, 6.07) is 17.9. The monoisotopic (exact) mass is 398 g/mol. The Kier molecular flexibility index (Phi) is 6.47. The van der Waals surface area contributed by atoms with Crippen molar-refractivity contribution in [1.82, 2.24) is 10.2 Å². The SMILES string of the molecule is CCc1ccc(Nc2nnc(S[C@H](C)C(=O)N(C)c3ccccc3)s2)cc1. The molecular formula is C20H22N4OS2. The lowest BCUT2D eigenvalue weighted by Gasteiger charge is -2.20. The van der Waals surface area contributed by atoms with Gasteiger partial charge in [0.25, 0.3) is 0 Å². The van der Waals surface area contributed by atoms with Crippen LogP contribution in [0.1, 0.15) is 19.4 Å². The number of para-hydroxylation sites is 1. The average molecular weight is 399 g/mol. The molecule has 0 saturated carbocycles. The molecule has 0 aliphatic rings. The van der Waals surface area contributed by atoms with Gasteiger partial charge < -0.3 is 10.2 Å². The summed E-state index contributed by atoms with van der Waals surface area (Å²) in [6.07, 6.45) is 1.02. The molecule has 0 fully saturated rings. The van der Waals surface area contributed by atoms with Crippen LogP contribution in [0, 0.1) is 0 Å². The van der Waals surface area contributed by atoms with Crippen LogP contribution >= 0.6 is 23.1 Å². The van der Waals surface area contributed by atoms with Crippen molar-refractivity contribution in [2.75, 3.05) is 17.3 Å². The van der Waals surface area contributed by atoms with Crippen LogP contribution < -0.4 is 10.2 Å². The number of anilines is 3. The van der Waals surface area contributed by atoms with Crippen LogP contribution in [0.15, 0.2) is 58.9 Å². The summed E-state index contributed by atoms with van der Waals surface area (Å²) < 4.78 is 0.769. The first-order valence-corrected chi connectivity index (χ1v) is 10.4. The van der Waals surface area contributed by atoms with Gasteiger partial charge in [0.15, 0.2) is 4.34 Å². The molecule has 0 aliphatic carbocycles. The molecule has 0 unspecified atom stereocenters. The third-order valence-electron chi connectivity index (χ3n) is 4.12. The van der Waals surface area contributed by atoms with Gasteiger partial charge in [0.05, 0.1) is 5.25 Å². The Hall–Kier alpha value is -2.38. The number of nitrogens with zero attached hydrogens (tertiary/aromatic N) is 3. The molecule has 1 N–H and O–H groups in total. The first kappa shape index (κ1) is 19.4. The molecule has 140 valence electrons. The summed E-state index contributed by atoms with van der Waals surface area (Å²) in [7, 11) is 1.79. The minimum atomic E-state index is -0.250. The third kappa shape index (κ3) is 5.08. The van der Waals surface area contributed by atoms with E-state index >= 15 is 0 Å². The molecule has 3 aromatic rings. The number of rotatable bonds is 7. The molecule has 3 rings (SSSR count). The van der Waals surface area contributed by atoms with Crippen LogP contribution in [0.5, 0.6) is 0 Å². The number of aromatic nitrogens is 2. The first-order chi connectivity index (χ1) is 13.1. The van der Waals surface area contributed by atoms with E-state index in [-0.39, 0.29) is 11.2 Å². The maximum absolute atomic E-state index is 12.7. The third-order valence-corrected chi connectivity index (χ3v) is 6.13. The van der Waals surface area contributed by atoms with Gasteiger partial charge in [0.1, 0.15) is 0 Å². The summed E-state index contributed by atoms with van der Waals surface area (Å²) in [5.41, 5.74) is 3.15. The lowest BCUT2D eigenvalue weighted by molar-refractivity contribution is -0.117. The molecule has 0 spiro atoms. The number of carbonyl (C=O) groups is 1. The first-order valence-electron chi connectivity index (χ1n) is 8.75. The van der Waals surface area contributed by atoms with E-state index in [1.807, 2.05) is 49.4 Å². The lowest BCUT2D eigenvalue weighted by atomic mass is 10.1. The van der Waals surface area contributed by atoms with Gasteiger partial charge in [-0.25, -0.2) is 0 Å². The highest BCUT2D eigenvalue weighted by molar-refractivity contribution is 8.02. The quantitative estimate of drug-likeness (QED) is 0.568. The fourth-order valence-corrected chi connectivity index (χ4v) is 4.52. The van der Waals surface area contributed by atoms with Gasteiger partial charge in [-0.15, -0.1) is 10.2 Å². The van der Waals surface area contributed by atoms with Crippen molar-refractivity contribution in [3.8, 4) is 0 Å². The Morgan fingerprint density at radius 2 is 1.85 bits per heavy atom. The van der Waals surface area contributed by atoms with E-state index in [4.69, 9.17) is 0 Å². The Bertz CT molecular complexity index is 881. The smallest absolute Gasteiger partial charge is 0.240 e. The molecule has 27 heavy (non-hydrogen) atoms. The molecule has 1 atom stereocenters. The lowest BCUT2D eigenvalue weighted by Crippen LogP contribution is -2.33. The van der Waals surface area contributed by atoms with E-state index in [1.54, 1.807) is 11.9 Å². The van der Waals surface area contributed by atoms with Crippen molar-refractivity contribution in [2.24, 2.45) is 0 Å². The second-order valence-electron chi connectivity index (χ2n) is 6.04. The number of hydrogen-bond acceptors (Lipinski definition) is 6. The second kappa shape index (κ2) is 9.01. The molecule has 2 aromatic carbocycles. The van der Waals surface area contributed by atoms with Gasteiger partial charge >= 0.3 is 0 Å². The van der Waals surface area contributed by atoms with Crippen molar-refractivity contribution in [1.29, 1.82) is 0 Å². The van der Waals surface area contributed by atoms with E-state index in [2.05, 4.69) is 34.6 Å². The topological polar surface area (TPSA) is 58.1 Å². The van der Waals surface area contributed by atoms with Crippen molar-refractivity contribution in [3.63, 3.8) is 0 Å². The van der Waals surface area contributed by atoms with Crippen LogP contribution in [0.3, 0.4) is 0 Å². The van der Waals surface area contributed by atoms with Crippen LogP contribution in [0.25, 0.3) is 0 Å². The number of benzene rings is 2. The summed E-state index contributed by atoms with van der Waals surface area (Å²) in [5.74, 6) is 0.0334. The summed E-state index contributed by atoms with van der Waals surface area (Å²) in [6.45, 7) is 4.03. The predicted molar refractivity (Wildman–Crippen MR) is 114 cm³/mol. The molecule has 1 heterocycles. The summed E-state index contributed by atoms with van der Waals surface area (Å²) in [4.78, 5) is 14.3. The largest absolute Gasteiger partial charge is 0.330 e. The van der Waals surface area contributed by atoms with Crippen LogP contribution in [-0.4, -0.2) is 28.4 Å². The molecule has 7 heteroatoms. The number of carbonyl (C=O) groups excluding carboxylic acids is 1. The second-order valence-corrected chi connectivity index (χ2v) is 8.61. The number of thioether (sulfide) groups is 1. The molecule has 1 amide bonds. The van der Waals surface area contributed by atoms with Gasteiger partial charge in [-0.1, -0.05) is 60.4 Å². The van der Waals surface area contributed by atoms with E-state index in [9.17, 15) is 4.79 Å². The minimum absolute atomic E-state index is 0.0334.